The summed E-state index contributed by atoms with van der Waals surface area (Å²) in [6, 6.07) is 9.38. The van der Waals surface area contributed by atoms with Crippen LogP contribution in [0.2, 0.25) is 0 Å². The Labute approximate surface area is 121 Å². The molecule has 20 heavy (non-hydrogen) atoms. The maximum Gasteiger partial charge on any atom is 0.239 e. The minimum absolute atomic E-state index is 0.0258. The van der Waals surface area contributed by atoms with Crippen molar-refractivity contribution in [1.29, 1.82) is 5.26 Å². The summed E-state index contributed by atoms with van der Waals surface area (Å²) in [5.41, 5.74) is 1.65. The third-order valence-electron chi connectivity index (χ3n) is 3.46. The summed E-state index contributed by atoms with van der Waals surface area (Å²) in [5, 5.41) is 12.2. The highest BCUT2D eigenvalue weighted by Gasteiger charge is 2.20. The molecular formula is C16H23N3O. The monoisotopic (exact) mass is 273 g/mol. The molecule has 0 fully saturated rings. The van der Waals surface area contributed by atoms with Crippen LogP contribution in [0.1, 0.15) is 44.9 Å². The summed E-state index contributed by atoms with van der Waals surface area (Å²) < 4.78 is 0. The summed E-state index contributed by atoms with van der Waals surface area (Å²) in [5.74, 6) is 0.110. The van der Waals surface area contributed by atoms with Gasteiger partial charge < -0.3 is 4.90 Å². The molecule has 0 aliphatic carbocycles. The van der Waals surface area contributed by atoms with Crippen LogP contribution < -0.4 is 5.32 Å². The highest BCUT2D eigenvalue weighted by molar-refractivity contribution is 5.81. The van der Waals surface area contributed by atoms with Crippen LogP contribution in [-0.4, -0.2) is 29.9 Å². The molecule has 2 unspecified atom stereocenters. The first-order valence-electron chi connectivity index (χ1n) is 7.08. The quantitative estimate of drug-likeness (QED) is 0.866. The van der Waals surface area contributed by atoms with E-state index >= 15 is 0 Å². The number of rotatable bonds is 6. The van der Waals surface area contributed by atoms with Crippen molar-refractivity contribution < 1.29 is 4.79 Å². The SMILES string of the molecule is CCN(CC)C(=O)C(C)NC(C)c1cccc(C#N)c1. The number of likely N-dealkylation sites (N-methyl/N-ethyl adjacent to an activating group) is 1. The summed E-state index contributed by atoms with van der Waals surface area (Å²) >= 11 is 0. The van der Waals surface area contributed by atoms with Crippen molar-refractivity contribution in [3.63, 3.8) is 0 Å². The van der Waals surface area contributed by atoms with E-state index in [1.807, 2.05) is 50.8 Å². The van der Waals surface area contributed by atoms with Gasteiger partial charge in [-0.15, -0.1) is 0 Å². The second-order valence-corrected chi connectivity index (χ2v) is 4.86. The normalized spacial score (nSPS) is 13.3. The Morgan fingerprint density at radius 3 is 2.55 bits per heavy atom. The van der Waals surface area contributed by atoms with Gasteiger partial charge in [-0.3, -0.25) is 10.1 Å². The molecule has 1 rings (SSSR count). The summed E-state index contributed by atoms with van der Waals surface area (Å²) in [6.45, 7) is 9.29. The topological polar surface area (TPSA) is 56.1 Å². The zero-order chi connectivity index (χ0) is 15.1. The van der Waals surface area contributed by atoms with E-state index in [1.54, 1.807) is 6.07 Å². The van der Waals surface area contributed by atoms with Crippen molar-refractivity contribution in [1.82, 2.24) is 10.2 Å². The molecule has 1 N–H and O–H groups in total. The van der Waals surface area contributed by atoms with Crippen LogP contribution in [0.4, 0.5) is 0 Å². The van der Waals surface area contributed by atoms with Gasteiger partial charge in [0.15, 0.2) is 0 Å². The van der Waals surface area contributed by atoms with Crippen molar-refractivity contribution in [2.75, 3.05) is 13.1 Å². The molecule has 0 aromatic heterocycles. The van der Waals surface area contributed by atoms with Crippen molar-refractivity contribution in [3.8, 4) is 6.07 Å². The predicted octanol–water partition coefficient (Wildman–Crippen LogP) is 2.47. The fourth-order valence-corrected chi connectivity index (χ4v) is 2.23. The lowest BCUT2D eigenvalue weighted by atomic mass is 10.0. The summed E-state index contributed by atoms with van der Waals surface area (Å²) in [4.78, 5) is 14.0. The molecule has 4 nitrogen and oxygen atoms in total. The zero-order valence-corrected chi connectivity index (χ0v) is 12.7. The Kier molecular flexibility index (Phi) is 6.20. The maximum absolute atomic E-state index is 12.2. The molecule has 1 amide bonds. The lowest BCUT2D eigenvalue weighted by molar-refractivity contribution is -0.132. The second kappa shape index (κ2) is 7.66. The predicted molar refractivity (Wildman–Crippen MR) is 80.1 cm³/mol. The van der Waals surface area contributed by atoms with E-state index in [9.17, 15) is 4.79 Å². The molecule has 108 valence electrons. The Morgan fingerprint density at radius 2 is 2.00 bits per heavy atom. The van der Waals surface area contributed by atoms with Gasteiger partial charge in [-0.25, -0.2) is 0 Å². The van der Waals surface area contributed by atoms with Crippen LogP contribution in [0.3, 0.4) is 0 Å². The summed E-state index contributed by atoms with van der Waals surface area (Å²) in [6.07, 6.45) is 0. The number of benzene rings is 1. The van der Waals surface area contributed by atoms with Crippen LogP contribution in [0.15, 0.2) is 24.3 Å². The number of nitrogens with zero attached hydrogens (tertiary/aromatic N) is 2. The minimum atomic E-state index is -0.240. The molecule has 0 aliphatic heterocycles. The Bertz CT molecular complexity index is 489. The average molecular weight is 273 g/mol. The van der Waals surface area contributed by atoms with Gasteiger partial charge in [0.05, 0.1) is 17.7 Å². The number of amides is 1. The molecule has 2 atom stereocenters. The lowest BCUT2D eigenvalue weighted by Gasteiger charge is -2.26. The Hall–Kier alpha value is -1.86. The third-order valence-corrected chi connectivity index (χ3v) is 3.46. The van der Waals surface area contributed by atoms with Crippen LogP contribution in [0.5, 0.6) is 0 Å². The number of nitrogens with one attached hydrogen (secondary N) is 1. The van der Waals surface area contributed by atoms with Crippen molar-refractivity contribution in [3.05, 3.63) is 35.4 Å². The van der Waals surface area contributed by atoms with Gasteiger partial charge in [-0.2, -0.15) is 5.26 Å². The van der Waals surface area contributed by atoms with Gasteiger partial charge in [0.25, 0.3) is 0 Å². The molecule has 1 aromatic rings. The zero-order valence-electron chi connectivity index (χ0n) is 12.7. The van der Waals surface area contributed by atoms with Gasteiger partial charge in [-0.05, 0) is 45.4 Å². The minimum Gasteiger partial charge on any atom is -0.342 e. The van der Waals surface area contributed by atoms with Crippen LogP contribution >= 0.6 is 0 Å². The van der Waals surface area contributed by atoms with Gasteiger partial charge >= 0.3 is 0 Å². The van der Waals surface area contributed by atoms with E-state index < -0.39 is 0 Å². The molecule has 1 aromatic carbocycles. The molecule has 0 saturated carbocycles. The molecule has 0 heterocycles. The van der Waals surface area contributed by atoms with E-state index in [0.717, 1.165) is 18.7 Å². The lowest BCUT2D eigenvalue weighted by Crippen LogP contribution is -2.45. The third kappa shape index (κ3) is 4.07. The van der Waals surface area contributed by atoms with Gasteiger partial charge in [-0.1, -0.05) is 12.1 Å². The first kappa shape index (κ1) is 16.2. The first-order chi connectivity index (χ1) is 9.53. The largest absolute Gasteiger partial charge is 0.342 e. The number of carbonyl (C=O) groups is 1. The smallest absolute Gasteiger partial charge is 0.239 e. The van der Waals surface area contributed by atoms with Crippen LogP contribution in [-0.2, 0) is 4.79 Å². The van der Waals surface area contributed by atoms with Crippen LogP contribution in [0, 0.1) is 11.3 Å². The van der Waals surface area contributed by atoms with Crippen molar-refractivity contribution in [2.45, 2.75) is 39.8 Å². The summed E-state index contributed by atoms with van der Waals surface area (Å²) in [7, 11) is 0. The first-order valence-corrected chi connectivity index (χ1v) is 7.08. The standard InChI is InChI=1S/C16H23N3O/c1-5-19(6-2)16(20)13(4)18-12(3)15-9-7-8-14(10-15)11-17/h7-10,12-13,18H,5-6H2,1-4H3. The molecule has 0 saturated heterocycles. The van der Waals surface area contributed by atoms with E-state index in [2.05, 4.69) is 11.4 Å². The van der Waals surface area contributed by atoms with Gasteiger partial charge in [0.2, 0.25) is 5.91 Å². The fourth-order valence-electron chi connectivity index (χ4n) is 2.23. The highest BCUT2D eigenvalue weighted by atomic mass is 16.2. The Morgan fingerprint density at radius 1 is 1.35 bits per heavy atom. The van der Waals surface area contributed by atoms with E-state index in [-0.39, 0.29) is 18.0 Å². The fraction of sp³-hybridized carbons (Fsp3) is 0.500. The number of hydrogen-bond donors (Lipinski definition) is 1. The number of nitriles is 1. The maximum atomic E-state index is 12.2. The second-order valence-electron chi connectivity index (χ2n) is 4.86. The average Bonchev–Trinajstić information content (AvgIpc) is 2.48. The highest BCUT2D eigenvalue weighted by Crippen LogP contribution is 2.15. The molecular weight excluding hydrogens is 250 g/mol. The van der Waals surface area contributed by atoms with Crippen LogP contribution in [0.25, 0.3) is 0 Å². The van der Waals surface area contributed by atoms with Gasteiger partial charge in [0.1, 0.15) is 0 Å². The van der Waals surface area contributed by atoms with E-state index in [4.69, 9.17) is 5.26 Å². The molecule has 4 heteroatoms. The number of carbonyl (C=O) groups excluding carboxylic acids is 1. The van der Waals surface area contributed by atoms with E-state index in [0.29, 0.717) is 5.56 Å². The van der Waals surface area contributed by atoms with Gasteiger partial charge in [0, 0.05) is 19.1 Å². The molecule has 0 aliphatic rings. The van der Waals surface area contributed by atoms with Crippen molar-refractivity contribution in [2.24, 2.45) is 0 Å². The Balaban J connectivity index is 2.72. The molecule has 0 spiro atoms. The van der Waals surface area contributed by atoms with Crippen molar-refractivity contribution >= 4 is 5.91 Å². The van der Waals surface area contributed by atoms with E-state index in [1.165, 1.54) is 0 Å². The molecule has 0 bridgehead atoms. The number of hydrogen-bond acceptors (Lipinski definition) is 3. The molecule has 0 radical (unpaired) electrons.